The van der Waals surface area contributed by atoms with Crippen LogP contribution >= 0.6 is 0 Å². The van der Waals surface area contributed by atoms with Gasteiger partial charge in [0, 0.05) is 18.0 Å². The Bertz CT molecular complexity index is 231. The molecule has 0 spiro atoms. The molecule has 2 N–H and O–H groups in total. The molecule has 3 heteroatoms. The van der Waals surface area contributed by atoms with Crippen molar-refractivity contribution in [3.8, 4) is 0 Å². The van der Waals surface area contributed by atoms with Crippen molar-refractivity contribution >= 4 is 6.29 Å². The van der Waals surface area contributed by atoms with Crippen LogP contribution in [0, 0.1) is 5.92 Å². The Morgan fingerprint density at radius 3 is 3.08 bits per heavy atom. The van der Waals surface area contributed by atoms with Crippen molar-refractivity contribution < 1.29 is 10.0 Å². The summed E-state index contributed by atoms with van der Waals surface area (Å²) in [6, 6.07) is 0. The number of carbonyl (C=O) groups excluding carboxylic acids is 1. The zero-order chi connectivity index (χ0) is 8.97. The molecule has 0 aromatic carbocycles. The highest BCUT2D eigenvalue weighted by Crippen LogP contribution is 2.21. The van der Waals surface area contributed by atoms with Crippen molar-refractivity contribution in [2.75, 3.05) is 0 Å². The van der Waals surface area contributed by atoms with Crippen LogP contribution in [0.1, 0.15) is 19.8 Å². The molecule has 0 unspecified atom stereocenters. The van der Waals surface area contributed by atoms with Gasteiger partial charge < -0.3 is 4.79 Å². The fraction of sp³-hybridized carbons (Fsp3) is 0.444. The van der Waals surface area contributed by atoms with Gasteiger partial charge in [-0.3, -0.25) is 10.7 Å². The fourth-order valence-corrected chi connectivity index (χ4v) is 1.32. The number of allylic oxidation sites excluding steroid dienone is 4. The molecule has 0 saturated carbocycles. The second-order valence-electron chi connectivity index (χ2n) is 2.83. The Kier molecular flexibility index (Phi) is 3.05. The summed E-state index contributed by atoms with van der Waals surface area (Å²) in [5.41, 5.74) is 3.97. The van der Waals surface area contributed by atoms with Crippen molar-refractivity contribution in [1.29, 1.82) is 0 Å². The van der Waals surface area contributed by atoms with E-state index >= 15 is 0 Å². The van der Waals surface area contributed by atoms with E-state index in [1.165, 1.54) is 0 Å². The number of hydrogen-bond donors (Lipinski definition) is 2. The maximum Gasteiger partial charge on any atom is 0.127 e. The SMILES string of the molecule is CCC1=C(NO)C[C@H](C=O)C=C1. The fourth-order valence-electron chi connectivity index (χ4n) is 1.32. The molecule has 0 aromatic heterocycles. The highest BCUT2D eigenvalue weighted by atomic mass is 16.5. The number of hydrogen-bond acceptors (Lipinski definition) is 3. The van der Waals surface area contributed by atoms with E-state index in [-0.39, 0.29) is 5.92 Å². The van der Waals surface area contributed by atoms with E-state index in [1.54, 1.807) is 0 Å². The molecule has 0 fully saturated rings. The molecule has 1 aliphatic rings. The molecule has 1 rings (SSSR count). The first-order valence-corrected chi connectivity index (χ1v) is 4.07. The Morgan fingerprint density at radius 2 is 2.58 bits per heavy atom. The van der Waals surface area contributed by atoms with Gasteiger partial charge in [-0.2, -0.15) is 0 Å². The minimum atomic E-state index is -0.0880. The Balaban J connectivity index is 2.78. The summed E-state index contributed by atoms with van der Waals surface area (Å²) in [4.78, 5) is 10.4. The van der Waals surface area contributed by atoms with Gasteiger partial charge in [0.05, 0.1) is 0 Å². The van der Waals surface area contributed by atoms with Gasteiger partial charge >= 0.3 is 0 Å². The molecular weight excluding hydrogens is 154 g/mol. The van der Waals surface area contributed by atoms with Gasteiger partial charge in [-0.05, 0) is 12.0 Å². The van der Waals surface area contributed by atoms with Gasteiger partial charge in [-0.15, -0.1) is 0 Å². The highest BCUT2D eigenvalue weighted by Gasteiger charge is 2.13. The predicted octanol–water partition coefficient (Wildman–Crippen LogP) is 1.40. The standard InChI is InChI=1S/C9H13NO2/c1-2-8-4-3-7(6-11)5-9(8)10-12/h3-4,6-7,10,12H,2,5H2,1H3/t7-/m1/s1. The second kappa shape index (κ2) is 4.07. The number of aldehydes is 1. The van der Waals surface area contributed by atoms with Crippen LogP contribution in [-0.2, 0) is 4.79 Å². The number of nitrogens with one attached hydrogen (secondary N) is 1. The van der Waals surface area contributed by atoms with Gasteiger partial charge in [0.1, 0.15) is 6.29 Å². The van der Waals surface area contributed by atoms with E-state index in [2.05, 4.69) is 5.48 Å². The van der Waals surface area contributed by atoms with Crippen LogP contribution in [0.5, 0.6) is 0 Å². The Morgan fingerprint density at radius 1 is 1.83 bits per heavy atom. The number of carbonyl (C=O) groups is 1. The largest absolute Gasteiger partial charge is 0.303 e. The topological polar surface area (TPSA) is 49.3 Å². The van der Waals surface area contributed by atoms with E-state index in [4.69, 9.17) is 5.21 Å². The van der Waals surface area contributed by atoms with Crippen molar-refractivity contribution in [3.63, 3.8) is 0 Å². The zero-order valence-corrected chi connectivity index (χ0v) is 7.08. The third-order valence-corrected chi connectivity index (χ3v) is 2.06. The first kappa shape index (κ1) is 9.00. The maximum absolute atomic E-state index is 10.4. The van der Waals surface area contributed by atoms with Crippen LogP contribution in [0.4, 0.5) is 0 Å². The van der Waals surface area contributed by atoms with Gasteiger partial charge in [0.2, 0.25) is 0 Å². The van der Waals surface area contributed by atoms with Crippen molar-refractivity contribution in [1.82, 2.24) is 5.48 Å². The molecule has 12 heavy (non-hydrogen) atoms. The van der Waals surface area contributed by atoms with Gasteiger partial charge in [0.15, 0.2) is 0 Å². The first-order chi connectivity index (χ1) is 5.81. The summed E-state index contributed by atoms with van der Waals surface area (Å²) in [5, 5.41) is 8.75. The molecule has 0 aliphatic heterocycles. The summed E-state index contributed by atoms with van der Waals surface area (Å²) >= 11 is 0. The van der Waals surface area contributed by atoms with E-state index in [0.29, 0.717) is 6.42 Å². The maximum atomic E-state index is 10.4. The average molecular weight is 167 g/mol. The van der Waals surface area contributed by atoms with Crippen LogP contribution in [0.2, 0.25) is 0 Å². The minimum absolute atomic E-state index is 0.0880. The minimum Gasteiger partial charge on any atom is -0.303 e. The molecule has 0 amide bonds. The van der Waals surface area contributed by atoms with Crippen LogP contribution in [0.25, 0.3) is 0 Å². The lowest BCUT2D eigenvalue weighted by molar-refractivity contribution is -0.110. The zero-order valence-electron chi connectivity index (χ0n) is 7.08. The van der Waals surface area contributed by atoms with E-state index in [1.807, 2.05) is 19.1 Å². The normalized spacial score (nSPS) is 22.7. The number of rotatable bonds is 3. The lowest BCUT2D eigenvalue weighted by Crippen LogP contribution is -2.16. The third kappa shape index (κ3) is 1.74. The lowest BCUT2D eigenvalue weighted by Gasteiger charge is -2.16. The summed E-state index contributed by atoms with van der Waals surface area (Å²) in [5.74, 6) is -0.0880. The van der Waals surface area contributed by atoms with Crippen LogP contribution in [-0.4, -0.2) is 11.5 Å². The smallest absolute Gasteiger partial charge is 0.127 e. The van der Waals surface area contributed by atoms with Crippen molar-refractivity contribution in [2.45, 2.75) is 19.8 Å². The van der Waals surface area contributed by atoms with Gasteiger partial charge in [0.25, 0.3) is 0 Å². The summed E-state index contributed by atoms with van der Waals surface area (Å²) in [6.07, 6.45) is 6.10. The van der Waals surface area contributed by atoms with E-state index in [9.17, 15) is 4.79 Å². The monoisotopic (exact) mass is 167 g/mol. The predicted molar refractivity (Wildman–Crippen MR) is 45.6 cm³/mol. The first-order valence-electron chi connectivity index (χ1n) is 4.07. The molecule has 3 nitrogen and oxygen atoms in total. The Hall–Kier alpha value is -1.09. The second-order valence-corrected chi connectivity index (χ2v) is 2.83. The summed E-state index contributed by atoms with van der Waals surface area (Å²) in [6.45, 7) is 2.01. The molecular formula is C9H13NO2. The summed E-state index contributed by atoms with van der Waals surface area (Å²) < 4.78 is 0. The molecule has 0 radical (unpaired) electrons. The third-order valence-electron chi connectivity index (χ3n) is 2.06. The Labute approximate surface area is 71.7 Å². The molecule has 0 bridgehead atoms. The average Bonchev–Trinajstić information content (AvgIpc) is 2.16. The molecule has 66 valence electrons. The highest BCUT2D eigenvalue weighted by molar-refractivity contribution is 5.59. The quantitative estimate of drug-likeness (QED) is 0.493. The van der Waals surface area contributed by atoms with Crippen LogP contribution in [0.15, 0.2) is 23.4 Å². The van der Waals surface area contributed by atoms with Gasteiger partial charge in [-0.25, -0.2) is 0 Å². The molecule has 0 saturated heterocycles. The van der Waals surface area contributed by atoms with Gasteiger partial charge in [-0.1, -0.05) is 19.1 Å². The van der Waals surface area contributed by atoms with Crippen LogP contribution < -0.4 is 5.48 Å². The van der Waals surface area contributed by atoms with Crippen molar-refractivity contribution in [3.05, 3.63) is 23.4 Å². The van der Waals surface area contributed by atoms with E-state index < -0.39 is 0 Å². The molecule has 1 atom stereocenters. The van der Waals surface area contributed by atoms with E-state index in [0.717, 1.165) is 24.0 Å². The summed E-state index contributed by atoms with van der Waals surface area (Å²) in [7, 11) is 0. The molecule has 0 aromatic rings. The molecule has 1 aliphatic carbocycles. The lowest BCUT2D eigenvalue weighted by atomic mass is 9.94. The van der Waals surface area contributed by atoms with Crippen LogP contribution in [0.3, 0.4) is 0 Å². The number of hydroxylamine groups is 1. The molecule has 0 heterocycles. The van der Waals surface area contributed by atoms with Crippen molar-refractivity contribution in [2.24, 2.45) is 5.92 Å².